The van der Waals surface area contributed by atoms with Gasteiger partial charge in [0.15, 0.2) is 0 Å². The molecule has 68 valence electrons. The van der Waals surface area contributed by atoms with E-state index in [9.17, 15) is 0 Å². The van der Waals surface area contributed by atoms with Crippen molar-refractivity contribution in [1.82, 2.24) is 0 Å². The van der Waals surface area contributed by atoms with Gasteiger partial charge in [-0.25, -0.2) is 4.89 Å². The van der Waals surface area contributed by atoms with Gasteiger partial charge in [-0.1, -0.05) is 0 Å². The molecule has 0 atom stereocenters. The zero-order valence-corrected chi connectivity index (χ0v) is 7.92. The van der Waals surface area contributed by atoms with Crippen LogP contribution in [0, 0.1) is 0 Å². The van der Waals surface area contributed by atoms with Crippen molar-refractivity contribution >= 4 is 32.2 Å². The van der Waals surface area contributed by atoms with E-state index in [4.69, 9.17) is 37.6 Å². The summed E-state index contributed by atoms with van der Waals surface area (Å²) in [5, 5.41) is 0. The molecule has 0 spiro atoms. The lowest BCUT2D eigenvalue weighted by molar-refractivity contribution is -0.261. The van der Waals surface area contributed by atoms with Gasteiger partial charge in [0.25, 0.3) is 0 Å². The van der Waals surface area contributed by atoms with Crippen molar-refractivity contribution in [3.8, 4) is 0 Å². The fraction of sp³-hybridized carbons (Fsp3) is 1.00. The van der Waals surface area contributed by atoms with Gasteiger partial charge in [0.05, 0.1) is 6.61 Å². The Morgan fingerprint density at radius 3 is 2.18 bits per heavy atom. The summed E-state index contributed by atoms with van der Waals surface area (Å²) in [6, 6.07) is 0. The molecule has 0 aromatic carbocycles. The lowest BCUT2D eigenvalue weighted by Gasteiger charge is -2.08. The molecule has 8 heteroatoms. The molecule has 0 fully saturated rings. The van der Waals surface area contributed by atoms with Gasteiger partial charge in [-0.05, 0) is 0 Å². The Balaban J connectivity index is 3.15. The second-order valence-electron chi connectivity index (χ2n) is 1.66. The van der Waals surface area contributed by atoms with E-state index in [0.29, 0.717) is 0 Å². The van der Waals surface area contributed by atoms with Crippen LogP contribution >= 0.6 is 23.2 Å². The lowest BCUT2D eigenvalue weighted by Crippen LogP contribution is -2.39. The van der Waals surface area contributed by atoms with Crippen LogP contribution in [0.15, 0.2) is 0 Å². The molecule has 0 saturated carbocycles. The molecule has 0 aromatic heterocycles. The van der Waals surface area contributed by atoms with E-state index in [1.54, 1.807) is 0 Å². The summed E-state index contributed by atoms with van der Waals surface area (Å²) >= 11 is 10.6. The van der Waals surface area contributed by atoms with Gasteiger partial charge in [0, 0.05) is 6.42 Å². The summed E-state index contributed by atoms with van der Waals surface area (Å²) in [5.41, 5.74) is 0. The number of halogens is 2. The van der Waals surface area contributed by atoms with Gasteiger partial charge < -0.3 is 14.4 Å². The van der Waals surface area contributed by atoms with Crippen molar-refractivity contribution in [3.63, 3.8) is 0 Å². The van der Waals surface area contributed by atoms with Crippen molar-refractivity contribution in [3.05, 3.63) is 0 Å². The fourth-order valence-electron chi connectivity index (χ4n) is 0.258. The molecule has 0 aromatic rings. The van der Waals surface area contributed by atoms with Gasteiger partial charge in [-0.3, -0.25) is 0 Å². The summed E-state index contributed by atoms with van der Waals surface area (Å²) in [7, 11) is -4.54. The van der Waals surface area contributed by atoms with E-state index < -0.39 is 13.9 Å². The Morgan fingerprint density at radius 2 is 1.82 bits per heavy atom. The summed E-state index contributed by atoms with van der Waals surface area (Å²) in [6.07, 6.45) is 0.271. The molecule has 0 heterocycles. The zero-order chi connectivity index (χ0) is 8.91. The van der Waals surface area contributed by atoms with E-state index in [1.165, 1.54) is 0 Å². The predicted octanol–water partition coefficient (Wildman–Crippen LogP) is -0.459. The molecule has 0 aliphatic heterocycles. The lowest BCUT2D eigenvalue weighted by atomic mass is 10.5. The first-order valence-corrected chi connectivity index (χ1v) is 5.30. The van der Waals surface area contributed by atoms with Crippen LogP contribution in [-0.4, -0.2) is 34.9 Å². The minimum Gasteiger partial charge on any atom is -0.366 e. The molecule has 0 bridgehead atoms. The Hall–Kier alpha value is 0.597. The van der Waals surface area contributed by atoms with Crippen LogP contribution in [0.5, 0.6) is 0 Å². The molecule has 0 amide bonds. The maximum Gasteiger partial charge on any atom is 0.699 e. The molecule has 11 heavy (non-hydrogen) atoms. The average Bonchev–Trinajstić information content (AvgIpc) is 1.78. The van der Waals surface area contributed by atoms with Crippen LogP contribution in [0.4, 0.5) is 0 Å². The highest BCUT2D eigenvalue weighted by molar-refractivity contribution is 6.48. The Morgan fingerprint density at radius 1 is 1.27 bits per heavy atom. The molecule has 0 aliphatic carbocycles. The van der Waals surface area contributed by atoms with Crippen LogP contribution in [0.2, 0.25) is 0 Å². The number of hydrogen-bond acceptors (Lipinski definition) is 5. The molecule has 0 aliphatic rings. The molecular formula is C3H8Cl2O5Si. The van der Waals surface area contributed by atoms with Crippen molar-refractivity contribution in [1.29, 1.82) is 0 Å². The van der Waals surface area contributed by atoms with Crippen LogP contribution in [0.25, 0.3) is 0 Å². The van der Waals surface area contributed by atoms with Crippen molar-refractivity contribution in [2.75, 3.05) is 6.61 Å². The maximum atomic E-state index is 8.22. The monoisotopic (exact) mass is 222 g/mol. The molecule has 0 radical (unpaired) electrons. The predicted molar refractivity (Wildman–Crippen MR) is 39.6 cm³/mol. The van der Waals surface area contributed by atoms with E-state index >= 15 is 0 Å². The van der Waals surface area contributed by atoms with Crippen molar-refractivity contribution in [2.45, 2.75) is 11.3 Å². The molecule has 5 nitrogen and oxygen atoms in total. The van der Waals surface area contributed by atoms with E-state index in [-0.39, 0.29) is 13.0 Å². The molecule has 0 saturated heterocycles. The summed E-state index contributed by atoms with van der Waals surface area (Å²) in [6.45, 7) is -0.0197. The first kappa shape index (κ1) is 11.6. The van der Waals surface area contributed by atoms with Crippen LogP contribution in [-0.2, 0) is 9.46 Å². The Bertz CT molecular complexity index is 104. The summed E-state index contributed by atoms with van der Waals surface area (Å²) in [5.74, 6) is 0. The van der Waals surface area contributed by atoms with Crippen LogP contribution < -0.4 is 0 Å². The highest BCUT2D eigenvalue weighted by Crippen LogP contribution is 2.06. The summed E-state index contributed by atoms with van der Waals surface area (Å²) in [4.78, 5) is 28.2. The Kier molecular flexibility index (Phi) is 5.57. The van der Waals surface area contributed by atoms with E-state index in [0.717, 1.165) is 0 Å². The third-order valence-electron chi connectivity index (χ3n) is 0.590. The second kappa shape index (κ2) is 5.28. The van der Waals surface area contributed by atoms with Crippen molar-refractivity contribution in [2.24, 2.45) is 0 Å². The highest BCUT2D eigenvalue weighted by Gasteiger charge is 2.32. The first-order valence-electron chi connectivity index (χ1n) is 2.67. The third kappa shape index (κ3) is 10.6. The normalized spacial score (nSPS) is 12.5. The molecular weight excluding hydrogens is 215 g/mol. The quantitative estimate of drug-likeness (QED) is 0.193. The molecule has 3 N–H and O–H groups in total. The number of hydrogen-bond donors (Lipinski definition) is 3. The fourth-order valence-corrected chi connectivity index (χ4v) is 0.678. The van der Waals surface area contributed by atoms with Crippen molar-refractivity contribution < 1.29 is 23.9 Å². The molecule has 0 unspecified atom stereocenters. The standard InChI is InChI=1S/C3H8Cl2O5Si/c4-3(5)1-2-9-10-11(6,7)8/h3,6-8H,1-2H2. The topological polar surface area (TPSA) is 79.2 Å². The van der Waals surface area contributed by atoms with Crippen LogP contribution in [0.3, 0.4) is 0 Å². The highest BCUT2D eigenvalue weighted by atomic mass is 35.5. The van der Waals surface area contributed by atoms with Gasteiger partial charge in [0.1, 0.15) is 4.84 Å². The van der Waals surface area contributed by atoms with Gasteiger partial charge in [-0.2, -0.15) is 4.58 Å². The maximum absolute atomic E-state index is 8.22. The smallest absolute Gasteiger partial charge is 0.366 e. The molecule has 0 rings (SSSR count). The largest absolute Gasteiger partial charge is 0.699 e. The number of alkyl halides is 2. The van der Waals surface area contributed by atoms with Crippen LogP contribution in [0.1, 0.15) is 6.42 Å². The Labute approximate surface area is 74.5 Å². The first-order chi connectivity index (χ1) is 4.92. The van der Waals surface area contributed by atoms with Gasteiger partial charge in [0.2, 0.25) is 0 Å². The van der Waals surface area contributed by atoms with E-state index in [1.807, 2.05) is 0 Å². The minimum atomic E-state index is -4.54. The minimum absolute atomic E-state index is 0.0197. The third-order valence-corrected chi connectivity index (χ3v) is 1.37. The zero-order valence-electron chi connectivity index (χ0n) is 5.41. The SMILES string of the molecule is O[Si](O)(O)OOCCC(Cl)Cl. The number of rotatable bonds is 5. The van der Waals surface area contributed by atoms with E-state index in [2.05, 4.69) is 9.46 Å². The van der Waals surface area contributed by atoms with Gasteiger partial charge in [-0.15, -0.1) is 23.2 Å². The average molecular weight is 223 g/mol. The van der Waals surface area contributed by atoms with Gasteiger partial charge >= 0.3 is 9.05 Å². The summed E-state index contributed by atoms with van der Waals surface area (Å²) < 4.78 is 3.77. The second-order valence-corrected chi connectivity index (χ2v) is 4.25.